The van der Waals surface area contributed by atoms with Gasteiger partial charge in [-0.3, -0.25) is 0 Å². The quantitative estimate of drug-likeness (QED) is 0.625. The minimum absolute atomic E-state index is 0.307. The Balaban J connectivity index is 1.79. The van der Waals surface area contributed by atoms with Crippen LogP contribution in [0.1, 0.15) is 47.0 Å². The van der Waals surface area contributed by atoms with Gasteiger partial charge in [-0.2, -0.15) is 0 Å². The van der Waals surface area contributed by atoms with Gasteiger partial charge in [0.25, 0.3) is 0 Å². The van der Waals surface area contributed by atoms with Crippen molar-refractivity contribution in [1.82, 2.24) is 0 Å². The molecule has 1 N–H and O–H groups in total. The van der Waals surface area contributed by atoms with Gasteiger partial charge >= 0.3 is 0 Å². The molecule has 1 aromatic carbocycles. The van der Waals surface area contributed by atoms with E-state index in [0.717, 1.165) is 38.6 Å². The highest BCUT2D eigenvalue weighted by molar-refractivity contribution is 6.74. The van der Waals surface area contributed by atoms with Crippen molar-refractivity contribution in [3.8, 4) is 0 Å². The van der Waals surface area contributed by atoms with Crippen LogP contribution in [0.4, 0.5) is 11.4 Å². The predicted octanol–water partition coefficient (Wildman–Crippen LogP) is 5.75. The summed E-state index contributed by atoms with van der Waals surface area (Å²) in [5.41, 5.74) is 2.58. The molecule has 0 spiro atoms. The molecule has 1 saturated heterocycles. The fourth-order valence-electron chi connectivity index (χ4n) is 2.96. The zero-order chi connectivity index (χ0) is 18.5. The first-order valence-corrected chi connectivity index (χ1v) is 12.9. The van der Waals surface area contributed by atoms with Gasteiger partial charge in [-0.25, -0.2) is 0 Å². The van der Waals surface area contributed by atoms with Crippen LogP contribution in [0.15, 0.2) is 24.3 Å². The SMILES string of the molecule is CCCNc1ccc(N2CCC(CO[Si](C)(C)C(C)(C)C)CC2)cc1. The Labute approximate surface area is 156 Å². The summed E-state index contributed by atoms with van der Waals surface area (Å²) in [7, 11) is -1.61. The molecular formula is C21H38N2OSi. The van der Waals surface area contributed by atoms with E-state index in [9.17, 15) is 0 Å². The monoisotopic (exact) mass is 362 g/mol. The highest BCUT2D eigenvalue weighted by Crippen LogP contribution is 2.37. The van der Waals surface area contributed by atoms with Crippen molar-refractivity contribution in [3.63, 3.8) is 0 Å². The Morgan fingerprint density at radius 1 is 1.12 bits per heavy atom. The van der Waals surface area contributed by atoms with Crippen LogP contribution in [0.25, 0.3) is 0 Å². The van der Waals surface area contributed by atoms with E-state index in [0.29, 0.717) is 5.04 Å². The standard InChI is InChI=1S/C21H38N2OSi/c1-7-14-22-19-8-10-20(11-9-19)23-15-12-18(13-16-23)17-24-25(5,6)21(2,3)4/h8-11,18,22H,7,12-17H2,1-6H3. The largest absolute Gasteiger partial charge is 0.417 e. The maximum Gasteiger partial charge on any atom is 0.191 e. The molecule has 1 aliphatic rings. The van der Waals surface area contributed by atoms with Crippen molar-refractivity contribution in [2.45, 2.75) is 65.1 Å². The van der Waals surface area contributed by atoms with Gasteiger partial charge < -0.3 is 14.6 Å². The Bertz CT molecular complexity index is 514. The van der Waals surface area contributed by atoms with Crippen molar-refractivity contribution in [1.29, 1.82) is 0 Å². The number of hydrogen-bond donors (Lipinski definition) is 1. The van der Waals surface area contributed by atoms with E-state index in [2.05, 4.69) is 75.3 Å². The summed E-state index contributed by atoms with van der Waals surface area (Å²) in [5, 5.41) is 3.75. The first kappa shape index (κ1) is 20.3. The van der Waals surface area contributed by atoms with Crippen LogP contribution in [0, 0.1) is 5.92 Å². The summed E-state index contributed by atoms with van der Waals surface area (Å²) in [4.78, 5) is 2.52. The van der Waals surface area contributed by atoms with Gasteiger partial charge in [0.1, 0.15) is 0 Å². The normalized spacial score (nSPS) is 17.0. The van der Waals surface area contributed by atoms with Crippen molar-refractivity contribution in [2.75, 3.05) is 36.5 Å². The van der Waals surface area contributed by atoms with Crippen LogP contribution in [-0.2, 0) is 4.43 Å². The molecule has 2 rings (SSSR count). The first-order valence-electron chi connectivity index (χ1n) is 9.96. The Morgan fingerprint density at radius 2 is 1.72 bits per heavy atom. The van der Waals surface area contributed by atoms with Gasteiger partial charge in [0.2, 0.25) is 0 Å². The highest BCUT2D eigenvalue weighted by atomic mass is 28.4. The minimum atomic E-state index is -1.61. The predicted molar refractivity (Wildman–Crippen MR) is 113 cm³/mol. The number of anilines is 2. The second-order valence-electron chi connectivity index (χ2n) is 8.98. The number of rotatable bonds is 7. The van der Waals surface area contributed by atoms with Crippen LogP contribution in [-0.4, -0.2) is 34.6 Å². The van der Waals surface area contributed by atoms with E-state index in [1.165, 1.54) is 24.2 Å². The molecule has 142 valence electrons. The molecule has 1 aliphatic heterocycles. The fraction of sp³-hybridized carbons (Fsp3) is 0.714. The van der Waals surface area contributed by atoms with Crippen molar-refractivity contribution >= 4 is 19.7 Å². The van der Waals surface area contributed by atoms with Crippen LogP contribution >= 0.6 is 0 Å². The molecule has 25 heavy (non-hydrogen) atoms. The van der Waals surface area contributed by atoms with Gasteiger partial charge in [-0.05, 0) is 67.6 Å². The molecule has 0 radical (unpaired) electrons. The Hall–Kier alpha value is -1.00. The van der Waals surface area contributed by atoms with Crippen LogP contribution in [0.2, 0.25) is 18.1 Å². The summed E-state index contributed by atoms with van der Waals surface area (Å²) >= 11 is 0. The number of hydrogen-bond acceptors (Lipinski definition) is 3. The lowest BCUT2D eigenvalue weighted by molar-refractivity contribution is 0.205. The summed E-state index contributed by atoms with van der Waals surface area (Å²) in [6.45, 7) is 18.2. The zero-order valence-electron chi connectivity index (χ0n) is 17.2. The lowest BCUT2D eigenvalue weighted by Gasteiger charge is -2.39. The molecule has 0 unspecified atom stereocenters. The van der Waals surface area contributed by atoms with E-state index in [-0.39, 0.29) is 0 Å². The lowest BCUT2D eigenvalue weighted by Crippen LogP contribution is -2.43. The Kier molecular flexibility index (Phi) is 6.98. The topological polar surface area (TPSA) is 24.5 Å². The third-order valence-corrected chi connectivity index (χ3v) is 10.4. The van der Waals surface area contributed by atoms with Gasteiger partial charge in [0.15, 0.2) is 8.32 Å². The summed E-state index contributed by atoms with van der Waals surface area (Å²) in [6, 6.07) is 8.92. The summed E-state index contributed by atoms with van der Waals surface area (Å²) < 4.78 is 6.44. The van der Waals surface area contributed by atoms with Gasteiger partial charge in [-0.1, -0.05) is 27.7 Å². The van der Waals surface area contributed by atoms with E-state index in [4.69, 9.17) is 4.43 Å². The van der Waals surface area contributed by atoms with Crippen molar-refractivity contribution in [2.24, 2.45) is 5.92 Å². The molecule has 1 fully saturated rings. The smallest absolute Gasteiger partial charge is 0.191 e. The van der Waals surface area contributed by atoms with Crippen LogP contribution in [0.3, 0.4) is 0 Å². The minimum Gasteiger partial charge on any atom is -0.417 e. The molecule has 0 aromatic heterocycles. The molecule has 0 saturated carbocycles. The average Bonchev–Trinajstić information content (AvgIpc) is 2.58. The molecule has 4 heteroatoms. The van der Waals surface area contributed by atoms with E-state index in [1.54, 1.807) is 0 Å². The van der Waals surface area contributed by atoms with Gasteiger partial charge in [0, 0.05) is 37.6 Å². The molecule has 1 heterocycles. The number of nitrogens with one attached hydrogen (secondary N) is 1. The van der Waals surface area contributed by atoms with Crippen LogP contribution < -0.4 is 10.2 Å². The zero-order valence-corrected chi connectivity index (χ0v) is 18.2. The van der Waals surface area contributed by atoms with Gasteiger partial charge in [-0.15, -0.1) is 0 Å². The number of piperidine rings is 1. The summed E-state index contributed by atoms with van der Waals surface area (Å²) in [6.07, 6.45) is 3.64. The third kappa shape index (κ3) is 5.75. The molecule has 0 bridgehead atoms. The number of nitrogens with zero attached hydrogens (tertiary/aromatic N) is 1. The molecule has 1 aromatic rings. The van der Waals surface area contributed by atoms with E-state index < -0.39 is 8.32 Å². The maximum absolute atomic E-state index is 6.44. The maximum atomic E-state index is 6.44. The second-order valence-corrected chi connectivity index (χ2v) is 13.8. The highest BCUT2D eigenvalue weighted by Gasteiger charge is 2.37. The third-order valence-electron chi connectivity index (χ3n) is 5.91. The van der Waals surface area contributed by atoms with Crippen molar-refractivity contribution in [3.05, 3.63) is 24.3 Å². The molecule has 0 amide bonds. The first-order chi connectivity index (χ1) is 11.7. The van der Waals surface area contributed by atoms with E-state index in [1.807, 2.05) is 0 Å². The molecular weight excluding hydrogens is 324 g/mol. The van der Waals surface area contributed by atoms with Crippen LogP contribution in [0.5, 0.6) is 0 Å². The average molecular weight is 363 g/mol. The van der Waals surface area contributed by atoms with Gasteiger partial charge in [0.05, 0.1) is 0 Å². The summed E-state index contributed by atoms with van der Waals surface area (Å²) in [5.74, 6) is 0.718. The second kappa shape index (κ2) is 8.59. The molecule has 0 aliphatic carbocycles. The van der Waals surface area contributed by atoms with E-state index >= 15 is 0 Å². The Morgan fingerprint density at radius 3 is 2.24 bits per heavy atom. The fourth-order valence-corrected chi connectivity index (χ4v) is 4.05. The molecule has 3 nitrogen and oxygen atoms in total. The lowest BCUT2D eigenvalue weighted by atomic mass is 9.97. The molecule has 0 atom stereocenters. The number of benzene rings is 1. The van der Waals surface area contributed by atoms with Crippen molar-refractivity contribution < 1.29 is 4.43 Å².